The van der Waals surface area contributed by atoms with E-state index < -0.39 is 0 Å². The maximum atomic E-state index is 6.29. The van der Waals surface area contributed by atoms with Crippen molar-refractivity contribution in [3.8, 4) is 0 Å². The molecule has 3 rings (SSSR count). The van der Waals surface area contributed by atoms with Crippen LogP contribution in [0.25, 0.3) is 0 Å². The second kappa shape index (κ2) is 9.70. The first kappa shape index (κ1) is 20.3. The van der Waals surface area contributed by atoms with E-state index in [0.29, 0.717) is 24.7 Å². The van der Waals surface area contributed by atoms with Crippen LogP contribution in [0.5, 0.6) is 0 Å². The first-order valence-electron chi connectivity index (χ1n) is 9.32. The van der Waals surface area contributed by atoms with Gasteiger partial charge in [-0.25, -0.2) is 9.98 Å². The largest absolute Gasteiger partial charge is 0.383 e. The van der Waals surface area contributed by atoms with Crippen molar-refractivity contribution in [2.24, 2.45) is 12.0 Å². The lowest BCUT2D eigenvalue weighted by Gasteiger charge is -2.20. The molecule has 0 aromatic carbocycles. The fourth-order valence-electron chi connectivity index (χ4n) is 3.04. The zero-order valence-corrected chi connectivity index (χ0v) is 17.3. The third-order valence-electron chi connectivity index (χ3n) is 4.73. The van der Waals surface area contributed by atoms with E-state index in [1.165, 1.54) is 0 Å². The van der Waals surface area contributed by atoms with Gasteiger partial charge in [-0.05, 0) is 25.5 Å². The van der Waals surface area contributed by atoms with E-state index in [9.17, 15) is 0 Å². The smallest absolute Gasteiger partial charge is 0.192 e. The van der Waals surface area contributed by atoms with Gasteiger partial charge in [0.15, 0.2) is 11.8 Å². The number of nitrogens with zero attached hydrogens (tertiary/aromatic N) is 6. The molecule has 10 heteroatoms. The van der Waals surface area contributed by atoms with Crippen molar-refractivity contribution in [3.05, 3.63) is 35.0 Å². The summed E-state index contributed by atoms with van der Waals surface area (Å²) in [6.45, 7) is 5.34. The Morgan fingerprint density at radius 3 is 3.00 bits per heavy atom. The van der Waals surface area contributed by atoms with Gasteiger partial charge < -0.3 is 24.8 Å². The molecule has 0 radical (unpaired) electrons. The second-order valence-electron chi connectivity index (χ2n) is 6.69. The number of aromatic nitrogens is 4. The Morgan fingerprint density at radius 2 is 2.29 bits per heavy atom. The minimum absolute atomic E-state index is 0.244. The van der Waals surface area contributed by atoms with Gasteiger partial charge in [0.1, 0.15) is 18.2 Å². The molecule has 3 heterocycles. The molecular formula is C18H27ClN8O. The van der Waals surface area contributed by atoms with Crippen molar-refractivity contribution >= 4 is 23.4 Å². The SMILES string of the molecule is COCCNC(=NCc1nnc(C)n1C)NC1CCN(c2ncccc2Cl)C1. The van der Waals surface area contributed by atoms with Gasteiger partial charge in [0, 0.05) is 46.0 Å². The molecule has 1 aliphatic heterocycles. The first-order chi connectivity index (χ1) is 13.6. The molecule has 2 N–H and O–H groups in total. The molecule has 0 bridgehead atoms. The third-order valence-corrected chi connectivity index (χ3v) is 5.02. The highest BCUT2D eigenvalue weighted by Crippen LogP contribution is 2.25. The molecule has 0 saturated carbocycles. The van der Waals surface area contributed by atoms with Crippen LogP contribution < -0.4 is 15.5 Å². The van der Waals surface area contributed by atoms with Crippen molar-refractivity contribution in [3.63, 3.8) is 0 Å². The van der Waals surface area contributed by atoms with Crippen LogP contribution >= 0.6 is 11.6 Å². The van der Waals surface area contributed by atoms with Gasteiger partial charge in [0.2, 0.25) is 0 Å². The predicted molar refractivity (Wildman–Crippen MR) is 110 cm³/mol. The molecule has 1 fully saturated rings. The van der Waals surface area contributed by atoms with Crippen LogP contribution in [-0.4, -0.2) is 65.1 Å². The standard InChI is InChI=1S/C18H27ClN8O/c1-13-24-25-16(26(13)2)11-22-18(21-8-10-28-3)23-14-6-9-27(12-14)17-15(19)5-4-7-20-17/h4-5,7,14H,6,8-12H2,1-3H3,(H2,21,22,23). The van der Waals surface area contributed by atoms with Crippen molar-refractivity contribution in [1.29, 1.82) is 0 Å². The molecule has 9 nitrogen and oxygen atoms in total. The topological polar surface area (TPSA) is 92.5 Å². The second-order valence-corrected chi connectivity index (χ2v) is 7.10. The van der Waals surface area contributed by atoms with Gasteiger partial charge in [-0.2, -0.15) is 0 Å². The minimum atomic E-state index is 0.244. The molecule has 2 aromatic rings. The number of pyridine rings is 1. The Kier molecular flexibility index (Phi) is 7.05. The number of halogens is 1. The molecule has 0 amide bonds. The van der Waals surface area contributed by atoms with Crippen molar-refractivity contribution < 1.29 is 4.74 Å². The van der Waals surface area contributed by atoms with Gasteiger partial charge >= 0.3 is 0 Å². The normalized spacial score (nSPS) is 17.2. The Labute approximate surface area is 170 Å². The van der Waals surface area contributed by atoms with Crippen LogP contribution in [0, 0.1) is 6.92 Å². The first-order valence-corrected chi connectivity index (χ1v) is 9.70. The number of aliphatic imine (C=N–C) groups is 1. The molecular weight excluding hydrogens is 380 g/mol. The number of aryl methyl sites for hydroxylation is 1. The number of nitrogens with one attached hydrogen (secondary N) is 2. The summed E-state index contributed by atoms with van der Waals surface area (Å²) in [5, 5.41) is 15.7. The van der Waals surface area contributed by atoms with Crippen LogP contribution in [-0.2, 0) is 18.3 Å². The lowest BCUT2D eigenvalue weighted by molar-refractivity contribution is 0.203. The van der Waals surface area contributed by atoms with E-state index >= 15 is 0 Å². The van der Waals surface area contributed by atoms with E-state index in [-0.39, 0.29) is 6.04 Å². The van der Waals surface area contributed by atoms with Gasteiger partial charge in [-0.1, -0.05) is 11.6 Å². The number of methoxy groups -OCH3 is 1. The quantitative estimate of drug-likeness (QED) is 0.404. The zero-order chi connectivity index (χ0) is 19.9. The highest BCUT2D eigenvalue weighted by molar-refractivity contribution is 6.32. The van der Waals surface area contributed by atoms with Gasteiger partial charge in [0.25, 0.3) is 0 Å². The number of guanidine groups is 1. The van der Waals surface area contributed by atoms with Crippen molar-refractivity contribution in [2.75, 3.05) is 38.3 Å². The minimum Gasteiger partial charge on any atom is -0.383 e. The maximum absolute atomic E-state index is 6.29. The third kappa shape index (κ3) is 5.11. The summed E-state index contributed by atoms with van der Waals surface area (Å²) in [6.07, 6.45) is 2.74. The molecule has 0 spiro atoms. The van der Waals surface area contributed by atoms with Crippen LogP contribution in [0.3, 0.4) is 0 Å². The summed E-state index contributed by atoms with van der Waals surface area (Å²) in [4.78, 5) is 11.3. The number of rotatable bonds is 7. The van der Waals surface area contributed by atoms with E-state index in [2.05, 4.69) is 35.7 Å². The fourth-order valence-corrected chi connectivity index (χ4v) is 3.28. The zero-order valence-electron chi connectivity index (χ0n) is 16.5. The highest BCUT2D eigenvalue weighted by atomic mass is 35.5. The van der Waals surface area contributed by atoms with Crippen LogP contribution in [0.15, 0.2) is 23.3 Å². The predicted octanol–water partition coefficient (Wildman–Crippen LogP) is 1.13. The van der Waals surface area contributed by atoms with Gasteiger partial charge in [-0.15, -0.1) is 10.2 Å². The number of hydrogen-bond donors (Lipinski definition) is 2. The molecule has 28 heavy (non-hydrogen) atoms. The molecule has 1 atom stereocenters. The Balaban J connectivity index is 1.63. The monoisotopic (exact) mass is 406 g/mol. The molecule has 1 unspecified atom stereocenters. The van der Waals surface area contributed by atoms with E-state index in [4.69, 9.17) is 16.3 Å². The highest BCUT2D eigenvalue weighted by Gasteiger charge is 2.25. The van der Waals surface area contributed by atoms with E-state index in [0.717, 1.165) is 42.9 Å². The van der Waals surface area contributed by atoms with Crippen LogP contribution in [0.4, 0.5) is 5.82 Å². The van der Waals surface area contributed by atoms with E-state index in [1.54, 1.807) is 13.3 Å². The Hall–Kier alpha value is -2.39. The van der Waals surface area contributed by atoms with Gasteiger partial charge in [-0.3, -0.25) is 0 Å². The summed E-state index contributed by atoms with van der Waals surface area (Å²) in [6, 6.07) is 3.95. The Morgan fingerprint density at radius 1 is 1.43 bits per heavy atom. The molecule has 1 aliphatic rings. The molecule has 1 saturated heterocycles. The molecule has 2 aromatic heterocycles. The number of anilines is 1. The van der Waals surface area contributed by atoms with Crippen LogP contribution in [0.2, 0.25) is 5.02 Å². The number of hydrogen-bond acceptors (Lipinski definition) is 6. The van der Waals surface area contributed by atoms with Crippen molar-refractivity contribution in [1.82, 2.24) is 30.4 Å². The molecule has 0 aliphatic carbocycles. The van der Waals surface area contributed by atoms with Crippen LogP contribution in [0.1, 0.15) is 18.1 Å². The summed E-state index contributed by atoms with van der Waals surface area (Å²) in [5.41, 5.74) is 0. The fraction of sp³-hybridized carbons (Fsp3) is 0.556. The van der Waals surface area contributed by atoms with Gasteiger partial charge in [0.05, 0.1) is 11.6 Å². The van der Waals surface area contributed by atoms with E-state index in [1.807, 2.05) is 30.7 Å². The van der Waals surface area contributed by atoms with Crippen molar-refractivity contribution in [2.45, 2.75) is 25.9 Å². The number of ether oxygens (including phenoxy) is 1. The molecule has 152 valence electrons. The summed E-state index contributed by atoms with van der Waals surface area (Å²) >= 11 is 6.29. The Bertz CT molecular complexity index is 809. The summed E-state index contributed by atoms with van der Waals surface area (Å²) < 4.78 is 7.07. The lowest BCUT2D eigenvalue weighted by Crippen LogP contribution is -2.45. The average Bonchev–Trinajstić information content (AvgIpc) is 3.28. The lowest BCUT2D eigenvalue weighted by atomic mass is 10.3. The summed E-state index contributed by atoms with van der Waals surface area (Å²) in [7, 11) is 3.62. The maximum Gasteiger partial charge on any atom is 0.192 e. The summed E-state index contributed by atoms with van der Waals surface area (Å²) in [5.74, 6) is 3.25. The average molecular weight is 407 g/mol.